The molecule has 0 amide bonds. The Bertz CT molecular complexity index is 504. The molecule has 0 heterocycles. The molecule has 136 valence electrons. The van der Waals surface area contributed by atoms with Gasteiger partial charge >= 0.3 is 5.97 Å². The fourth-order valence-electron chi connectivity index (χ4n) is 2.76. The van der Waals surface area contributed by atoms with Gasteiger partial charge in [-0.2, -0.15) is 0 Å². The molecule has 2 N–H and O–H groups in total. The molecule has 0 fully saturated rings. The first-order chi connectivity index (χ1) is 11.5. The van der Waals surface area contributed by atoms with Gasteiger partial charge in [-0.1, -0.05) is 13.3 Å². The van der Waals surface area contributed by atoms with Crippen LogP contribution in [0.15, 0.2) is 18.2 Å². The average Bonchev–Trinajstić information content (AvgIpc) is 2.59. The molecule has 0 saturated carbocycles. The third-order valence-corrected chi connectivity index (χ3v) is 4.13. The molecule has 0 aromatic heterocycles. The zero-order valence-corrected chi connectivity index (χ0v) is 15.3. The van der Waals surface area contributed by atoms with Gasteiger partial charge in [-0.05, 0) is 62.8 Å². The number of aryl methyl sites for hydroxylation is 1. The summed E-state index contributed by atoms with van der Waals surface area (Å²) >= 11 is 0. The van der Waals surface area contributed by atoms with Crippen molar-refractivity contribution in [1.29, 1.82) is 0 Å². The highest BCUT2D eigenvalue weighted by molar-refractivity contribution is 5.75. The lowest BCUT2D eigenvalue weighted by Crippen LogP contribution is -2.33. The Balaban J connectivity index is 2.74. The van der Waals surface area contributed by atoms with E-state index in [2.05, 4.69) is 6.92 Å². The van der Waals surface area contributed by atoms with Gasteiger partial charge in [0.2, 0.25) is 0 Å². The molecular weight excluding hydrogens is 306 g/mol. The van der Waals surface area contributed by atoms with E-state index in [1.807, 2.05) is 32.0 Å². The first-order valence-electron chi connectivity index (χ1n) is 8.77. The second-order valence-electron chi connectivity index (χ2n) is 5.81. The lowest BCUT2D eigenvalue weighted by molar-refractivity contribution is -0.142. The lowest BCUT2D eigenvalue weighted by atomic mass is 9.91. The van der Waals surface area contributed by atoms with Gasteiger partial charge in [0.25, 0.3) is 0 Å². The van der Waals surface area contributed by atoms with E-state index in [0.29, 0.717) is 25.6 Å². The molecule has 0 aliphatic heterocycles. The maximum Gasteiger partial charge on any atom is 0.322 e. The molecular formula is C19H31NO4. The van der Waals surface area contributed by atoms with Crippen molar-refractivity contribution in [3.05, 3.63) is 23.8 Å². The number of nitrogens with two attached hydrogens (primary N) is 1. The molecule has 2 atom stereocenters. The largest absolute Gasteiger partial charge is 0.494 e. The van der Waals surface area contributed by atoms with Crippen LogP contribution in [-0.2, 0) is 16.0 Å². The fraction of sp³-hybridized carbons (Fsp3) is 0.632. The molecule has 5 heteroatoms. The quantitative estimate of drug-likeness (QED) is 0.627. The van der Waals surface area contributed by atoms with Crippen molar-refractivity contribution in [3.63, 3.8) is 0 Å². The Morgan fingerprint density at radius 1 is 1.17 bits per heavy atom. The summed E-state index contributed by atoms with van der Waals surface area (Å²) in [6.07, 6.45) is 3.41. The number of hydrogen-bond acceptors (Lipinski definition) is 5. The van der Waals surface area contributed by atoms with Gasteiger partial charge in [0, 0.05) is 0 Å². The molecule has 0 aliphatic rings. The average molecular weight is 337 g/mol. The van der Waals surface area contributed by atoms with E-state index in [0.717, 1.165) is 36.3 Å². The van der Waals surface area contributed by atoms with Gasteiger partial charge in [-0.3, -0.25) is 4.79 Å². The Kier molecular flexibility index (Phi) is 9.23. The second-order valence-corrected chi connectivity index (χ2v) is 5.81. The molecule has 24 heavy (non-hydrogen) atoms. The van der Waals surface area contributed by atoms with Gasteiger partial charge in [0.1, 0.15) is 17.5 Å². The summed E-state index contributed by atoms with van der Waals surface area (Å²) in [6, 6.07) is 5.38. The molecule has 0 aliphatic carbocycles. The van der Waals surface area contributed by atoms with Crippen LogP contribution in [0.4, 0.5) is 0 Å². The smallest absolute Gasteiger partial charge is 0.322 e. The summed E-state index contributed by atoms with van der Waals surface area (Å²) in [5.74, 6) is 1.77. The van der Waals surface area contributed by atoms with Crippen LogP contribution in [0.2, 0.25) is 0 Å². The maximum atomic E-state index is 11.5. The van der Waals surface area contributed by atoms with Gasteiger partial charge in [0.05, 0.1) is 20.3 Å². The van der Waals surface area contributed by atoms with Crippen LogP contribution in [0, 0.1) is 5.92 Å². The van der Waals surface area contributed by atoms with Crippen LogP contribution >= 0.6 is 0 Å². The molecule has 1 aromatic carbocycles. The van der Waals surface area contributed by atoms with Crippen molar-refractivity contribution in [2.45, 2.75) is 52.5 Å². The van der Waals surface area contributed by atoms with Gasteiger partial charge < -0.3 is 19.9 Å². The van der Waals surface area contributed by atoms with Crippen molar-refractivity contribution < 1.29 is 19.0 Å². The first-order valence-corrected chi connectivity index (χ1v) is 8.77. The van der Waals surface area contributed by atoms with E-state index < -0.39 is 6.04 Å². The van der Waals surface area contributed by atoms with E-state index in [-0.39, 0.29) is 5.97 Å². The highest BCUT2D eigenvalue weighted by Gasteiger charge is 2.19. The van der Waals surface area contributed by atoms with Crippen molar-refractivity contribution in [2.75, 3.05) is 20.3 Å². The summed E-state index contributed by atoms with van der Waals surface area (Å²) in [4.78, 5) is 11.5. The lowest BCUT2D eigenvalue weighted by Gasteiger charge is -2.19. The number of esters is 1. The van der Waals surface area contributed by atoms with Crippen molar-refractivity contribution in [3.8, 4) is 11.5 Å². The van der Waals surface area contributed by atoms with Crippen LogP contribution in [0.5, 0.6) is 11.5 Å². The SMILES string of the molecule is CCOc1ccc(OCC)c(CCC(CC)CC(N)C(=O)OC)c1. The molecule has 0 saturated heterocycles. The van der Waals surface area contributed by atoms with E-state index in [1.54, 1.807) is 0 Å². The molecule has 0 radical (unpaired) electrons. The maximum absolute atomic E-state index is 11.5. The fourth-order valence-corrected chi connectivity index (χ4v) is 2.76. The van der Waals surface area contributed by atoms with E-state index in [9.17, 15) is 4.79 Å². The number of methoxy groups -OCH3 is 1. The minimum absolute atomic E-state index is 0.346. The molecule has 1 aromatic rings. The molecule has 0 bridgehead atoms. The summed E-state index contributed by atoms with van der Waals surface area (Å²) in [5, 5.41) is 0. The molecule has 1 rings (SSSR count). The minimum Gasteiger partial charge on any atom is -0.494 e. The predicted molar refractivity (Wildman–Crippen MR) is 95.5 cm³/mol. The normalized spacial score (nSPS) is 13.2. The van der Waals surface area contributed by atoms with Gasteiger partial charge in [-0.25, -0.2) is 0 Å². The van der Waals surface area contributed by atoms with E-state index in [4.69, 9.17) is 19.9 Å². The van der Waals surface area contributed by atoms with Crippen molar-refractivity contribution in [1.82, 2.24) is 0 Å². The standard InChI is InChI=1S/C19H31NO4/c1-5-14(12-17(20)19(21)22-4)8-9-15-13-16(23-6-2)10-11-18(15)24-7-3/h10-11,13-14,17H,5-9,12,20H2,1-4H3. The zero-order valence-electron chi connectivity index (χ0n) is 15.3. The Morgan fingerprint density at radius 2 is 1.88 bits per heavy atom. The third kappa shape index (κ3) is 6.40. The number of rotatable bonds is 11. The summed E-state index contributed by atoms with van der Waals surface area (Å²) in [7, 11) is 1.37. The number of ether oxygens (including phenoxy) is 3. The first kappa shape index (κ1) is 20.3. The molecule has 5 nitrogen and oxygen atoms in total. The minimum atomic E-state index is -0.555. The van der Waals surface area contributed by atoms with Crippen LogP contribution in [0.1, 0.15) is 45.6 Å². The number of hydrogen-bond donors (Lipinski definition) is 1. The predicted octanol–water partition coefficient (Wildman–Crippen LogP) is 3.33. The Morgan fingerprint density at radius 3 is 2.46 bits per heavy atom. The Hall–Kier alpha value is -1.75. The monoisotopic (exact) mass is 337 g/mol. The van der Waals surface area contributed by atoms with Crippen LogP contribution in [0.3, 0.4) is 0 Å². The highest BCUT2D eigenvalue weighted by Crippen LogP contribution is 2.28. The number of carbonyl (C=O) groups excluding carboxylic acids is 1. The summed E-state index contributed by atoms with van der Waals surface area (Å²) in [5.41, 5.74) is 7.03. The Labute approximate surface area is 145 Å². The third-order valence-electron chi connectivity index (χ3n) is 4.13. The second kappa shape index (κ2) is 10.9. The van der Waals surface area contributed by atoms with Crippen LogP contribution in [0.25, 0.3) is 0 Å². The summed E-state index contributed by atoms with van der Waals surface area (Å²) in [6.45, 7) is 7.33. The zero-order chi connectivity index (χ0) is 17.9. The van der Waals surface area contributed by atoms with Gasteiger partial charge in [0.15, 0.2) is 0 Å². The van der Waals surface area contributed by atoms with Crippen LogP contribution < -0.4 is 15.2 Å². The van der Waals surface area contributed by atoms with Crippen molar-refractivity contribution >= 4 is 5.97 Å². The number of carbonyl (C=O) groups is 1. The van der Waals surface area contributed by atoms with Crippen LogP contribution in [-0.4, -0.2) is 32.3 Å². The number of benzene rings is 1. The topological polar surface area (TPSA) is 70.8 Å². The van der Waals surface area contributed by atoms with Crippen molar-refractivity contribution in [2.24, 2.45) is 11.7 Å². The molecule has 2 unspecified atom stereocenters. The highest BCUT2D eigenvalue weighted by atomic mass is 16.5. The van der Waals surface area contributed by atoms with E-state index >= 15 is 0 Å². The van der Waals surface area contributed by atoms with Gasteiger partial charge in [-0.15, -0.1) is 0 Å². The summed E-state index contributed by atoms with van der Waals surface area (Å²) < 4.78 is 16.0. The van der Waals surface area contributed by atoms with E-state index in [1.165, 1.54) is 7.11 Å². The molecule has 0 spiro atoms.